The van der Waals surface area contributed by atoms with Gasteiger partial charge in [0.2, 0.25) is 5.91 Å². The largest absolute Gasteiger partial charge is 0.378 e. The number of hydrogen-bond acceptors (Lipinski definition) is 5. The van der Waals surface area contributed by atoms with Gasteiger partial charge in [0, 0.05) is 30.7 Å². The first-order valence-corrected chi connectivity index (χ1v) is 12.5. The van der Waals surface area contributed by atoms with Gasteiger partial charge in [0.1, 0.15) is 6.10 Å². The van der Waals surface area contributed by atoms with Crippen molar-refractivity contribution < 1.29 is 19.4 Å². The Morgan fingerprint density at radius 3 is 2.47 bits per heavy atom. The van der Waals surface area contributed by atoms with Crippen LogP contribution in [-0.2, 0) is 14.3 Å². The first-order chi connectivity index (χ1) is 15.2. The molecule has 0 aliphatic carbocycles. The molecule has 0 bridgehead atoms. The number of nitriles is 1. The van der Waals surface area contributed by atoms with E-state index in [-0.39, 0.29) is 41.7 Å². The number of aliphatic hydroxyl groups is 1. The van der Waals surface area contributed by atoms with Gasteiger partial charge in [0.25, 0.3) is 0 Å². The predicted octanol–water partition coefficient (Wildman–Crippen LogP) is 4.17. The maximum absolute atomic E-state index is 13.6. The van der Waals surface area contributed by atoms with Crippen molar-refractivity contribution in [3.63, 3.8) is 0 Å². The molecule has 2 unspecified atom stereocenters. The van der Waals surface area contributed by atoms with Crippen LogP contribution in [0.15, 0.2) is 12.2 Å². The Labute approximate surface area is 193 Å². The Balaban J connectivity index is 1.83. The van der Waals surface area contributed by atoms with Gasteiger partial charge in [-0.25, -0.2) is 0 Å². The summed E-state index contributed by atoms with van der Waals surface area (Å²) in [6, 6.07) is 1.42. The average molecular weight is 445 g/mol. The molecule has 3 heterocycles. The lowest BCUT2D eigenvalue weighted by atomic mass is 9.83. The number of aliphatic hydroxyl groups excluding tert-OH is 1. The summed E-state index contributed by atoms with van der Waals surface area (Å²) < 4.78 is 6.22. The molecule has 6 nitrogen and oxygen atoms in total. The van der Waals surface area contributed by atoms with E-state index < -0.39 is 18.1 Å². The first kappa shape index (κ1) is 24.9. The number of carbonyl (C=O) groups excluding carboxylic acids is 2. The minimum absolute atomic E-state index is 0.0141. The van der Waals surface area contributed by atoms with Crippen LogP contribution in [0.1, 0.15) is 85.0 Å². The second-order valence-electron chi connectivity index (χ2n) is 10.7. The molecule has 3 rings (SSSR count). The van der Waals surface area contributed by atoms with E-state index in [9.17, 15) is 20.0 Å². The molecule has 0 aromatic heterocycles. The van der Waals surface area contributed by atoms with Crippen molar-refractivity contribution in [1.29, 1.82) is 5.26 Å². The van der Waals surface area contributed by atoms with Crippen LogP contribution in [0.4, 0.5) is 0 Å². The van der Waals surface area contributed by atoms with Gasteiger partial charge >= 0.3 is 0 Å². The van der Waals surface area contributed by atoms with Gasteiger partial charge in [-0.2, -0.15) is 5.26 Å². The van der Waals surface area contributed by atoms with E-state index >= 15 is 0 Å². The Hall–Kier alpha value is -1.71. The topological polar surface area (TPSA) is 90.6 Å². The third-order valence-corrected chi connectivity index (χ3v) is 7.49. The highest BCUT2D eigenvalue weighted by molar-refractivity contribution is 5.91. The highest BCUT2D eigenvalue weighted by Crippen LogP contribution is 2.44. The van der Waals surface area contributed by atoms with E-state index in [0.717, 1.165) is 51.4 Å². The van der Waals surface area contributed by atoms with Gasteiger partial charge in [-0.3, -0.25) is 9.59 Å². The molecular weight excluding hydrogens is 404 g/mol. The molecular formula is C26H40N2O4. The predicted molar refractivity (Wildman–Crippen MR) is 123 cm³/mol. The van der Waals surface area contributed by atoms with Crippen LogP contribution in [0, 0.1) is 29.1 Å². The molecule has 6 heteroatoms. The number of rotatable bonds is 1. The van der Waals surface area contributed by atoms with Crippen LogP contribution < -0.4 is 0 Å². The zero-order chi connectivity index (χ0) is 23.3. The molecule has 0 spiro atoms. The van der Waals surface area contributed by atoms with E-state index in [1.54, 1.807) is 4.90 Å². The number of carbonyl (C=O) groups is 2. The third kappa shape index (κ3) is 5.99. The van der Waals surface area contributed by atoms with Crippen molar-refractivity contribution >= 4 is 11.7 Å². The van der Waals surface area contributed by atoms with E-state index in [0.29, 0.717) is 13.0 Å². The minimum Gasteiger partial charge on any atom is -0.378 e. The van der Waals surface area contributed by atoms with Crippen LogP contribution in [-0.4, -0.2) is 52.1 Å². The number of hydrogen-bond donors (Lipinski definition) is 1. The average Bonchev–Trinajstić information content (AvgIpc) is 3.23. The summed E-state index contributed by atoms with van der Waals surface area (Å²) in [5.74, 6) is -0.521. The second-order valence-corrected chi connectivity index (χ2v) is 10.7. The van der Waals surface area contributed by atoms with E-state index in [1.807, 2.05) is 26.8 Å². The lowest BCUT2D eigenvalue weighted by Gasteiger charge is -2.32. The molecule has 0 saturated carbocycles. The van der Waals surface area contributed by atoms with E-state index in [4.69, 9.17) is 4.74 Å². The summed E-state index contributed by atoms with van der Waals surface area (Å²) in [6.07, 6.45) is 11.4. The van der Waals surface area contributed by atoms with Gasteiger partial charge in [0.05, 0.1) is 23.8 Å². The Morgan fingerprint density at radius 1 is 1.16 bits per heavy atom. The minimum atomic E-state index is -1.16. The standard InChI is InChI=1S/C26H40N2O4/c1-18-12-10-8-6-4-5-7-9-11-13-19(22(30)16-27)14-21(29)24-20-15-26(2,3)32-23(20)17-28(24)25(18)31/h4-5,18-20,22-24,30H,6-15,17H2,1-3H3/t18-,19+,20-,22?,23?,24-/m0/s1. The summed E-state index contributed by atoms with van der Waals surface area (Å²) in [4.78, 5) is 28.8. The van der Waals surface area contributed by atoms with Crippen LogP contribution in [0.5, 0.6) is 0 Å². The van der Waals surface area contributed by atoms with Gasteiger partial charge in [0.15, 0.2) is 5.78 Å². The Kier molecular flexibility index (Phi) is 8.52. The number of ketones is 1. The van der Waals surface area contributed by atoms with Gasteiger partial charge in [-0.15, -0.1) is 0 Å². The molecule has 3 aliphatic rings. The van der Waals surface area contributed by atoms with Crippen molar-refractivity contribution in [2.45, 2.75) is 109 Å². The Bertz CT molecular complexity index is 741. The van der Waals surface area contributed by atoms with E-state index in [2.05, 4.69) is 12.2 Å². The highest BCUT2D eigenvalue weighted by atomic mass is 16.5. The second kappa shape index (κ2) is 10.9. The summed E-state index contributed by atoms with van der Waals surface area (Å²) in [5.41, 5.74) is -0.303. The smallest absolute Gasteiger partial charge is 0.226 e. The third-order valence-electron chi connectivity index (χ3n) is 7.49. The molecule has 6 atom stereocenters. The molecule has 32 heavy (non-hydrogen) atoms. The van der Waals surface area contributed by atoms with Crippen molar-refractivity contribution in [3.8, 4) is 6.07 Å². The zero-order valence-corrected chi connectivity index (χ0v) is 20.0. The summed E-state index contributed by atoms with van der Waals surface area (Å²) in [7, 11) is 0. The molecule has 0 radical (unpaired) electrons. The summed E-state index contributed by atoms with van der Waals surface area (Å²) in [5, 5.41) is 19.6. The van der Waals surface area contributed by atoms with Crippen molar-refractivity contribution in [2.24, 2.45) is 17.8 Å². The van der Waals surface area contributed by atoms with E-state index in [1.165, 1.54) is 0 Å². The van der Waals surface area contributed by atoms with Gasteiger partial charge in [-0.1, -0.05) is 31.9 Å². The first-order valence-electron chi connectivity index (χ1n) is 12.5. The number of ether oxygens (including phenoxy) is 1. The van der Waals surface area contributed by atoms with Gasteiger partial charge < -0.3 is 14.7 Å². The molecule has 0 aromatic rings. The van der Waals surface area contributed by atoms with Crippen molar-refractivity contribution in [3.05, 3.63) is 12.2 Å². The molecule has 0 aromatic carbocycles. The maximum atomic E-state index is 13.6. The fraction of sp³-hybridized carbons (Fsp3) is 0.808. The van der Waals surface area contributed by atoms with Crippen LogP contribution >= 0.6 is 0 Å². The molecule has 3 aliphatic heterocycles. The lowest BCUT2D eigenvalue weighted by molar-refractivity contribution is -0.143. The number of fused-ring (bicyclic) bond motifs is 3. The SMILES string of the molecule is C[C@H]1CCCCC=CCCCC[C@@H](C(O)C#N)CC(=O)[C@@H]2[C@H]3CC(C)(C)OC3CN2C1=O. The summed E-state index contributed by atoms with van der Waals surface area (Å²) >= 11 is 0. The van der Waals surface area contributed by atoms with Gasteiger partial charge in [-0.05, 0) is 58.8 Å². The number of Topliss-reactive ketones (excluding diaryl/α,β-unsaturated/α-hetero) is 1. The molecule has 2 fully saturated rings. The lowest BCUT2D eigenvalue weighted by Crippen LogP contribution is -2.47. The van der Waals surface area contributed by atoms with Crippen LogP contribution in [0.3, 0.4) is 0 Å². The molecule has 1 amide bonds. The quantitative estimate of drug-likeness (QED) is 0.484. The molecule has 2 saturated heterocycles. The molecule has 1 N–H and O–H groups in total. The number of amides is 1. The zero-order valence-electron chi connectivity index (χ0n) is 20.0. The monoisotopic (exact) mass is 444 g/mol. The van der Waals surface area contributed by atoms with Crippen LogP contribution in [0.2, 0.25) is 0 Å². The number of nitrogens with zero attached hydrogens (tertiary/aromatic N) is 2. The molecule has 178 valence electrons. The maximum Gasteiger partial charge on any atom is 0.226 e. The fourth-order valence-corrected chi connectivity index (χ4v) is 5.79. The fourth-order valence-electron chi connectivity index (χ4n) is 5.79. The Morgan fingerprint density at radius 2 is 1.81 bits per heavy atom. The van der Waals surface area contributed by atoms with Crippen molar-refractivity contribution in [1.82, 2.24) is 4.90 Å². The summed E-state index contributed by atoms with van der Waals surface area (Å²) in [6.45, 7) is 6.51. The highest BCUT2D eigenvalue weighted by Gasteiger charge is 2.55. The van der Waals surface area contributed by atoms with Crippen molar-refractivity contribution in [2.75, 3.05) is 6.54 Å². The van der Waals surface area contributed by atoms with Crippen LogP contribution in [0.25, 0.3) is 0 Å². The number of allylic oxidation sites excluding steroid dienone is 2. The normalized spacial score (nSPS) is 35.6.